The fraction of sp³-hybridized carbons (Fsp3) is 0.692. The molecule has 6 heteroatoms. The van der Waals surface area contributed by atoms with E-state index in [1.165, 1.54) is 19.3 Å². The van der Waals surface area contributed by atoms with E-state index >= 15 is 0 Å². The maximum atomic E-state index is 5.75. The normalized spacial score (nSPS) is 20.6. The van der Waals surface area contributed by atoms with E-state index in [9.17, 15) is 0 Å². The average molecular weight is 299 g/mol. The lowest BCUT2D eigenvalue weighted by Crippen LogP contribution is -2.36. The van der Waals surface area contributed by atoms with Crippen molar-refractivity contribution in [2.75, 3.05) is 13.7 Å². The topological polar surface area (TPSA) is 51.4 Å². The Kier molecular flexibility index (Phi) is 5.27. The van der Waals surface area contributed by atoms with Crippen molar-refractivity contribution < 1.29 is 4.74 Å². The number of thiocarbonyl (C=S) groups is 1. The van der Waals surface area contributed by atoms with E-state index in [0.29, 0.717) is 17.6 Å². The molecule has 0 amide bonds. The highest BCUT2D eigenvalue weighted by Crippen LogP contribution is 2.24. The Balaban J connectivity index is 2.11. The predicted molar refractivity (Wildman–Crippen MR) is 82.4 cm³/mol. The number of nitrogens with zero attached hydrogens (tertiary/aromatic N) is 2. The number of hydrogen-bond acceptors (Lipinski definition) is 5. The first-order valence-electron chi connectivity index (χ1n) is 6.63. The Morgan fingerprint density at radius 1 is 1.58 bits per heavy atom. The highest BCUT2D eigenvalue weighted by atomic mass is 32.1. The lowest BCUT2D eigenvalue weighted by molar-refractivity contribution is 0.151. The van der Waals surface area contributed by atoms with Gasteiger partial charge < -0.3 is 10.5 Å². The average Bonchev–Trinajstić information content (AvgIpc) is 2.76. The van der Waals surface area contributed by atoms with Crippen LogP contribution in [0.3, 0.4) is 0 Å². The Morgan fingerprint density at radius 2 is 2.37 bits per heavy atom. The third-order valence-corrected chi connectivity index (χ3v) is 4.97. The predicted octanol–water partition coefficient (Wildman–Crippen LogP) is 2.30. The number of likely N-dealkylation sites (tertiary alicyclic amines) is 1. The summed E-state index contributed by atoms with van der Waals surface area (Å²) in [7, 11) is 1.66. The number of aromatic nitrogens is 1. The molecule has 106 valence electrons. The van der Waals surface area contributed by atoms with E-state index in [4.69, 9.17) is 22.7 Å². The lowest BCUT2D eigenvalue weighted by atomic mass is 10.0. The van der Waals surface area contributed by atoms with Crippen LogP contribution in [0.1, 0.15) is 41.8 Å². The molecule has 0 spiro atoms. The zero-order chi connectivity index (χ0) is 13.8. The number of rotatable bonds is 5. The van der Waals surface area contributed by atoms with Crippen LogP contribution in [-0.4, -0.2) is 34.6 Å². The molecule has 1 aromatic rings. The zero-order valence-electron chi connectivity index (χ0n) is 11.5. The molecular weight excluding hydrogens is 278 g/mol. The van der Waals surface area contributed by atoms with E-state index in [2.05, 4.69) is 16.8 Å². The summed E-state index contributed by atoms with van der Waals surface area (Å²) >= 11 is 6.69. The summed E-state index contributed by atoms with van der Waals surface area (Å²) in [6.45, 7) is 4.81. The smallest absolute Gasteiger partial charge is 0.116 e. The molecule has 0 bridgehead atoms. The molecule has 2 N–H and O–H groups in total. The van der Waals surface area contributed by atoms with Crippen molar-refractivity contribution in [1.29, 1.82) is 0 Å². The Labute approximate surface area is 124 Å². The summed E-state index contributed by atoms with van der Waals surface area (Å²) < 4.78 is 5.16. The Morgan fingerprint density at radius 3 is 3.00 bits per heavy atom. The van der Waals surface area contributed by atoms with Gasteiger partial charge in [-0.1, -0.05) is 18.6 Å². The molecule has 1 aliphatic rings. The molecule has 19 heavy (non-hydrogen) atoms. The van der Waals surface area contributed by atoms with Crippen LogP contribution in [0.5, 0.6) is 0 Å². The fourth-order valence-corrected chi connectivity index (χ4v) is 3.65. The summed E-state index contributed by atoms with van der Waals surface area (Å²) in [5.74, 6) is 0. The van der Waals surface area contributed by atoms with E-state index in [-0.39, 0.29) is 0 Å². The molecule has 0 aliphatic carbocycles. The molecular formula is C13H21N3OS2. The number of hydrogen-bond donors (Lipinski definition) is 1. The quantitative estimate of drug-likeness (QED) is 0.846. The maximum absolute atomic E-state index is 5.75. The number of piperidine rings is 1. The fourth-order valence-electron chi connectivity index (χ4n) is 2.46. The van der Waals surface area contributed by atoms with Crippen molar-refractivity contribution in [2.24, 2.45) is 5.73 Å². The number of thiazole rings is 1. The monoisotopic (exact) mass is 299 g/mol. The van der Waals surface area contributed by atoms with Crippen LogP contribution in [-0.2, 0) is 17.9 Å². The maximum Gasteiger partial charge on any atom is 0.116 e. The SMILES string of the molecule is COCc1nc(CN2CCCCC2C)sc1C(N)=S. The van der Waals surface area contributed by atoms with Gasteiger partial charge in [-0.05, 0) is 26.3 Å². The lowest BCUT2D eigenvalue weighted by Gasteiger charge is -2.32. The van der Waals surface area contributed by atoms with Crippen LogP contribution in [0.2, 0.25) is 0 Å². The third-order valence-electron chi connectivity index (χ3n) is 3.53. The van der Waals surface area contributed by atoms with Crippen LogP contribution >= 0.6 is 23.6 Å². The molecule has 4 nitrogen and oxygen atoms in total. The van der Waals surface area contributed by atoms with Crippen LogP contribution in [0.15, 0.2) is 0 Å². The van der Waals surface area contributed by atoms with Crippen LogP contribution < -0.4 is 5.73 Å². The van der Waals surface area contributed by atoms with Gasteiger partial charge in [0.05, 0.1) is 23.7 Å². The first-order chi connectivity index (χ1) is 9.11. The highest BCUT2D eigenvalue weighted by Gasteiger charge is 2.21. The molecule has 1 unspecified atom stereocenters. The van der Waals surface area contributed by atoms with Gasteiger partial charge in [0.25, 0.3) is 0 Å². The Bertz CT molecular complexity index is 447. The molecule has 2 rings (SSSR count). The van der Waals surface area contributed by atoms with Crippen LogP contribution in [0, 0.1) is 0 Å². The standard InChI is InChI=1S/C13H21N3OS2/c1-9-5-3-4-6-16(9)7-11-15-10(8-17-2)12(19-11)13(14)18/h9H,3-8H2,1-2H3,(H2,14,18). The van der Waals surface area contributed by atoms with E-state index in [0.717, 1.165) is 28.7 Å². The summed E-state index contributed by atoms with van der Waals surface area (Å²) in [6, 6.07) is 0.636. The van der Waals surface area contributed by atoms with E-state index in [1.54, 1.807) is 18.4 Å². The van der Waals surface area contributed by atoms with Crippen molar-refractivity contribution in [3.05, 3.63) is 15.6 Å². The van der Waals surface area contributed by atoms with Crippen LogP contribution in [0.4, 0.5) is 0 Å². The molecule has 0 saturated carbocycles. The minimum absolute atomic E-state index is 0.419. The summed E-state index contributed by atoms with van der Waals surface area (Å²) in [5.41, 5.74) is 6.63. The molecule has 1 atom stereocenters. The van der Waals surface area contributed by atoms with Crippen molar-refractivity contribution in [1.82, 2.24) is 9.88 Å². The first kappa shape index (κ1) is 14.8. The second-order valence-electron chi connectivity index (χ2n) is 5.00. The van der Waals surface area contributed by atoms with Crippen molar-refractivity contribution in [2.45, 2.75) is 45.4 Å². The molecule has 1 aromatic heterocycles. The second kappa shape index (κ2) is 6.74. The highest BCUT2D eigenvalue weighted by molar-refractivity contribution is 7.81. The largest absolute Gasteiger partial charge is 0.389 e. The number of ether oxygens (including phenoxy) is 1. The van der Waals surface area contributed by atoms with Crippen molar-refractivity contribution >= 4 is 28.5 Å². The summed E-state index contributed by atoms with van der Waals surface area (Å²) in [4.78, 5) is 8.44. The van der Waals surface area contributed by atoms with Gasteiger partial charge in [-0.25, -0.2) is 4.98 Å². The first-order valence-corrected chi connectivity index (χ1v) is 7.85. The van der Waals surface area contributed by atoms with Crippen molar-refractivity contribution in [3.63, 3.8) is 0 Å². The molecule has 0 radical (unpaired) electrons. The molecule has 1 aliphatic heterocycles. The van der Waals surface area contributed by atoms with Gasteiger partial charge in [0.15, 0.2) is 0 Å². The van der Waals surface area contributed by atoms with E-state index in [1.807, 2.05) is 0 Å². The number of methoxy groups -OCH3 is 1. The zero-order valence-corrected chi connectivity index (χ0v) is 13.1. The van der Waals surface area contributed by atoms with Gasteiger partial charge >= 0.3 is 0 Å². The summed E-state index contributed by atoms with van der Waals surface area (Å²) in [6.07, 6.45) is 3.89. The molecule has 1 saturated heterocycles. The van der Waals surface area contributed by atoms with Gasteiger partial charge in [0, 0.05) is 13.2 Å². The van der Waals surface area contributed by atoms with Gasteiger partial charge in [0.2, 0.25) is 0 Å². The van der Waals surface area contributed by atoms with Gasteiger partial charge in [-0.2, -0.15) is 0 Å². The second-order valence-corrected chi connectivity index (χ2v) is 6.52. The van der Waals surface area contributed by atoms with Crippen molar-refractivity contribution in [3.8, 4) is 0 Å². The molecule has 0 aromatic carbocycles. The minimum atomic E-state index is 0.419. The number of nitrogens with two attached hydrogens (primary N) is 1. The Hall–Kier alpha value is -0.560. The minimum Gasteiger partial charge on any atom is -0.389 e. The third kappa shape index (κ3) is 3.72. The van der Waals surface area contributed by atoms with Crippen LogP contribution in [0.25, 0.3) is 0 Å². The van der Waals surface area contributed by atoms with Gasteiger partial charge in [-0.15, -0.1) is 11.3 Å². The van der Waals surface area contributed by atoms with Gasteiger partial charge in [0.1, 0.15) is 10.00 Å². The van der Waals surface area contributed by atoms with E-state index < -0.39 is 0 Å². The summed E-state index contributed by atoms with van der Waals surface area (Å²) in [5, 5.41) is 1.09. The van der Waals surface area contributed by atoms with Gasteiger partial charge in [-0.3, -0.25) is 4.90 Å². The molecule has 2 heterocycles. The molecule has 1 fully saturated rings.